The molecule has 140 valence electrons. The highest BCUT2D eigenvalue weighted by atomic mass is 32.2. The van der Waals surface area contributed by atoms with Crippen LogP contribution in [0.25, 0.3) is 0 Å². The normalized spacial score (nSPS) is 14.6. The average Bonchev–Trinajstić information content (AvgIpc) is 3.09. The smallest absolute Gasteiger partial charge is 0.230 e. The largest absolute Gasteiger partial charge is 0.383 e. The molecule has 1 N–H and O–H groups in total. The van der Waals surface area contributed by atoms with E-state index in [4.69, 9.17) is 4.74 Å². The molecule has 1 aromatic heterocycles. The molecule has 2 amide bonds. The zero-order chi connectivity index (χ0) is 18.1. The Bertz CT molecular complexity index is 561. The van der Waals surface area contributed by atoms with Crippen LogP contribution in [0.2, 0.25) is 0 Å². The third-order valence-corrected chi connectivity index (χ3v) is 5.84. The summed E-state index contributed by atoms with van der Waals surface area (Å²) < 4.78 is 5.67. The predicted octanol–water partition coefficient (Wildman–Crippen LogP) is 0.841. The molecule has 8 nitrogen and oxygen atoms in total. The van der Waals surface area contributed by atoms with Gasteiger partial charge in [-0.2, -0.15) is 0 Å². The number of amides is 2. The van der Waals surface area contributed by atoms with Crippen molar-refractivity contribution in [2.45, 2.75) is 24.1 Å². The van der Waals surface area contributed by atoms with Gasteiger partial charge in [0, 0.05) is 46.3 Å². The van der Waals surface area contributed by atoms with Crippen molar-refractivity contribution in [3.8, 4) is 0 Å². The molecule has 1 aliphatic rings. The number of methoxy groups -OCH3 is 1. The third-order valence-electron chi connectivity index (χ3n) is 3.72. The summed E-state index contributed by atoms with van der Waals surface area (Å²) in [7, 11) is 1.60. The van der Waals surface area contributed by atoms with Crippen molar-refractivity contribution in [2.75, 3.05) is 57.1 Å². The van der Waals surface area contributed by atoms with E-state index < -0.39 is 0 Å². The van der Waals surface area contributed by atoms with Gasteiger partial charge in [0.2, 0.25) is 16.9 Å². The third kappa shape index (κ3) is 6.44. The van der Waals surface area contributed by atoms with Gasteiger partial charge in [0.1, 0.15) is 0 Å². The lowest BCUT2D eigenvalue weighted by Crippen LogP contribution is -2.48. The minimum absolute atomic E-state index is 0.0400. The molecule has 0 saturated carbocycles. The maximum absolute atomic E-state index is 11.9. The van der Waals surface area contributed by atoms with Gasteiger partial charge in [-0.3, -0.25) is 9.59 Å². The topological polar surface area (TPSA) is 87.7 Å². The number of aromatic nitrogens is 2. The van der Waals surface area contributed by atoms with Gasteiger partial charge in [0.25, 0.3) is 0 Å². The Morgan fingerprint density at radius 1 is 1.28 bits per heavy atom. The molecule has 0 atom stereocenters. The number of piperazine rings is 1. The van der Waals surface area contributed by atoms with Crippen molar-refractivity contribution in [3.63, 3.8) is 0 Å². The van der Waals surface area contributed by atoms with Crippen molar-refractivity contribution in [1.82, 2.24) is 20.4 Å². The van der Waals surface area contributed by atoms with Crippen LogP contribution in [0.4, 0.5) is 5.13 Å². The molecule has 2 rings (SSSR count). The van der Waals surface area contributed by atoms with Gasteiger partial charge in [0.15, 0.2) is 4.34 Å². The lowest BCUT2D eigenvalue weighted by Gasteiger charge is -2.34. The Labute approximate surface area is 156 Å². The molecule has 1 fully saturated rings. The van der Waals surface area contributed by atoms with Gasteiger partial charge in [-0.05, 0) is 6.42 Å². The Morgan fingerprint density at radius 3 is 2.72 bits per heavy atom. The maximum atomic E-state index is 11.9. The number of hydrogen-bond donors (Lipinski definition) is 1. The van der Waals surface area contributed by atoms with Crippen molar-refractivity contribution >= 4 is 40.0 Å². The van der Waals surface area contributed by atoms with Gasteiger partial charge in [-0.25, -0.2) is 0 Å². The number of carbonyl (C=O) groups is 2. The number of anilines is 1. The minimum atomic E-state index is -0.0400. The minimum Gasteiger partial charge on any atom is -0.383 e. The molecule has 0 aliphatic carbocycles. The predicted molar refractivity (Wildman–Crippen MR) is 99.2 cm³/mol. The second-order valence-corrected chi connectivity index (χ2v) is 7.78. The van der Waals surface area contributed by atoms with E-state index >= 15 is 0 Å². The number of rotatable bonds is 9. The number of nitrogens with zero attached hydrogens (tertiary/aromatic N) is 4. The monoisotopic (exact) mass is 387 g/mol. The van der Waals surface area contributed by atoms with Crippen LogP contribution in [-0.2, 0) is 14.3 Å². The van der Waals surface area contributed by atoms with E-state index in [0.717, 1.165) is 42.1 Å². The van der Waals surface area contributed by atoms with Gasteiger partial charge in [-0.1, -0.05) is 30.0 Å². The first kappa shape index (κ1) is 19.9. The Kier molecular flexibility index (Phi) is 8.42. The molecule has 1 saturated heterocycles. The van der Waals surface area contributed by atoms with Crippen LogP contribution in [-0.4, -0.2) is 79.1 Å². The summed E-state index contributed by atoms with van der Waals surface area (Å²) in [5.74, 6) is 0.509. The molecule has 0 bridgehead atoms. The van der Waals surface area contributed by atoms with Crippen LogP contribution in [0, 0.1) is 0 Å². The van der Waals surface area contributed by atoms with E-state index in [1.165, 1.54) is 23.1 Å². The molecule has 0 unspecified atom stereocenters. The molecular weight excluding hydrogens is 362 g/mol. The molecule has 2 heterocycles. The summed E-state index contributed by atoms with van der Waals surface area (Å²) in [5, 5.41) is 12.0. The van der Waals surface area contributed by atoms with Crippen molar-refractivity contribution in [3.05, 3.63) is 0 Å². The van der Waals surface area contributed by atoms with Crippen molar-refractivity contribution < 1.29 is 14.3 Å². The van der Waals surface area contributed by atoms with Crippen LogP contribution in [0.3, 0.4) is 0 Å². The Balaban J connectivity index is 1.74. The highest BCUT2D eigenvalue weighted by Crippen LogP contribution is 2.28. The zero-order valence-electron chi connectivity index (χ0n) is 14.7. The summed E-state index contributed by atoms with van der Waals surface area (Å²) in [5.41, 5.74) is 0. The van der Waals surface area contributed by atoms with E-state index in [1.54, 1.807) is 7.11 Å². The highest BCUT2D eigenvalue weighted by Gasteiger charge is 2.22. The summed E-state index contributed by atoms with van der Waals surface area (Å²) in [6, 6.07) is 0. The number of hydrogen-bond acceptors (Lipinski definition) is 8. The fourth-order valence-electron chi connectivity index (χ4n) is 2.38. The molecule has 25 heavy (non-hydrogen) atoms. The highest BCUT2D eigenvalue weighted by molar-refractivity contribution is 8.01. The van der Waals surface area contributed by atoms with Gasteiger partial charge < -0.3 is 19.9 Å². The van der Waals surface area contributed by atoms with E-state index in [1.807, 2.05) is 11.8 Å². The van der Waals surface area contributed by atoms with E-state index in [2.05, 4.69) is 20.4 Å². The van der Waals surface area contributed by atoms with Crippen LogP contribution >= 0.6 is 23.1 Å². The Morgan fingerprint density at radius 2 is 2.04 bits per heavy atom. The second-order valence-electron chi connectivity index (χ2n) is 5.60. The van der Waals surface area contributed by atoms with Crippen molar-refractivity contribution in [1.29, 1.82) is 0 Å². The van der Waals surface area contributed by atoms with E-state index in [9.17, 15) is 9.59 Å². The summed E-state index contributed by atoms with van der Waals surface area (Å²) >= 11 is 2.87. The Hall–Kier alpha value is -1.39. The van der Waals surface area contributed by atoms with E-state index in [0.29, 0.717) is 25.3 Å². The number of nitrogens with one attached hydrogen (secondary N) is 1. The van der Waals surface area contributed by atoms with Crippen LogP contribution in [0.5, 0.6) is 0 Å². The summed E-state index contributed by atoms with van der Waals surface area (Å²) in [6.45, 7) is 6.03. The van der Waals surface area contributed by atoms with Gasteiger partial charge in [-0.15, -0.1) is 10.2 Å². The molecule has 1 aromatic rings. The van der Waals surface area contributed by atoms with E-state index in [-0.39, 0.29) is 11.8 Å². The summed E-state index contributed by atoms with van der Waals surface area (Å²) in [6.07, 6.45) is 1.50. The quantitative estimate of drug-likeness (QED) is 0.496. The van der Waals surface area contributed by atoms with Gasteiger partial charge >= 0.3 is 0 Å². The van der Waals surface area contributed by atoms with Crippen molar-refractivity contribution in [2.24, 2.45) is 0 Å². The molecule has 0 spiro atoms. The fourth-order valence-corrected chi connectivity index (χ4v) is 4.10. The first-order valence-electron chi connectivity index (χ1n) is 8.38. The summed E-state index contributed by atoms with van der Waals surface area (Å²) in [4.78, 5) is 27.7. The number of thioether (sulfide) groups is 1. The van der Waals surface area contributed by atoms with Crippen LogP contribution in [0.1, 0.15) is 19.8 Å². The standard InChI is InChI=1S/C15H25N5O3S2/c1-3-4-13(22)19-6-8-20(9-7-19)14-17-18-15(25-14)24-11-12(21)16-5-10-23-2/h3-11H2,1-2H3,(H,16,21). The molecule has 0 aromatic carbocycles. The zero-order valence-corrected chi connectivity index (χ0v) is 16.3. The lowest BCUT2D eigenvalue weighted by atomic mass is 10.2. The lowest BCUT2D eigenvalue weighted by molar-refractivity contribution is -0.131. The first-order valence-corrected chi connectivity index (χ1v) is 10.2. The molecular formula is C15H25N5O3S2. The van der Waals surface area contributed by atoms with Crippen LogP contribution < -0.4 is 10.2 Å². The SMILES string of the molecule is CCCC(=O)N1CCN(c2nnc(SCC(=O)NCCOC)s2)CC1. The molecule has 10 heteroatoms. The maximum Gasteiger partial charge on any atom is 0.230 e. The molecule has 0 radical (unpaired) electrons. The van der Waals surface area contributed by atoms with Gasteiger partial charge in [0.05, 0.1) is 12.4 Å². The number of carbonyl (C=O) groups excluding carboxylic acids is 2. The van der Waals surface area contributed by atoms with Crippen LogP contribution in [0.15, 0.2) is 4.34 Å². The average molecular weight is 388 g/mol. The molecule has 1 aliphatic heterocycles. The first-order chi connectivity index (χ1) is 12.1. The number of ether oxygens (including phenoxy) is 1. The second kappa shape index (κ2) is 10.6. The fraction of sp³-hybridized carbons (Fsp3) is 0.733.